The summed E-state index contributed by atoms with van der Waals surface area (Å²) >= 11 is 0. The summed E-state index contributed by atoms with van der Waals surface area (Å²) in [6, 6.07) is 18.6. The number of aliphatic carboxylic acids is 1. The quantitative estimate of drug-likeness (QED) is 0.872. The summed E-state index contributed by atoms with van der Waals surface area (Å²) in [6.45, 7) is 3.98. The van der Waals surface area contributed by atoms with Crippen molar-refractivity contribution in [2.45, 2.75) is 26.7 Å². The molecule has 104 valence electrons. The fraction of sp³-hybridized carbons (Fsp3) is 0.278. The van der Waals surface area contributed by atoms with Crippen LogP contribution in [0.1, 0.15) is 25.8 Å². The van der Waals surface area contributed by atoms with Gasteiger partial charge in [0.2, 0.25) is 0 Å². The predicted molar refractivity (Wildman–Crippen MR) is 81.6 cm³/mol. The third-order valence-corrected chi connectivity index (χ3v) is 3.37. The summed E-state index contributed by atoms with van der Waals surface area (Å²) in [7, 11) is 0. The van der Waals surface area contributed by atoms with E-state index >= 15 is 0 Å². The fourth-order valence-electron chi connectivity index (χ4n) is 2.47. The van der Waals surface area contributed by atoms with Gasteiger partial charge in [-0.05, 0) is 28.5 Å². The van der Waals surface area contributed by atoms with Gasteiger partial charge in [0.05, 0.1) is 6.42 Å². The molecular weight excluding hydrogens is 248 g/mol. The van der Waals surface area contributed by atoms with Crippen LogP contribution in [-0.2, 0) is 11.2 Å². The second kappa shape index (κ2) is 5.91. The molecule has 0 spiro atoms. The molecule has 2 nitrogen and oxygen atoms in total. The zero-order chi connectivity index (χ0) is 14.6. The average molecular weight is 268 g/mol. The van der Waals surface area contributed by atoms with Crippen molar-refractivity contribution in [2.24, 2.45) is 5.41 Å². The number of carboxylic acid groups (broad SMARTS) is 1. The number of rotatable bonds is 5. The van der Waals surface area contributed by atoms with Crippen molar-refractivity contribution in [3.05, 3.63) is 60.2 Å². The van der Waals surface area contributed by atoms with Gasteiger partial charge in [0.15, 0.2) is 0 Å². The smallest absolute Gasteiger partial charge is 0.303 e. The van der Waals surface area contributed by atoms with Crippen LogP contribution in [0.4, 0.5) is 0 Å². The minimum absolute atomic E-state index is 0.188. The molecule has 2 heteroatoms. The lowest BCUT2D eigenvalue weighted by Crippen LogP contribution is -2.19. The van der Waals surface area contributed by atoms with Gasteiger partial charge >= 0.3 is 5.97 Å². The summed E-state index contributed by atoms with van der Waals surface area (Å²) < 4.78 is 0. The monoisotopic (exact) mass is 268 g/mol. The zero-order valence-corrected chi connectivity index (χ0v) is 12.0. The van der Waals surface area contributed by atoms with E-state index in [0.29, 0.717) is 0 Å². The number of carboxylic acids is 1. The number of hydrogen-bond acceptors (Lipinski definition) is 1. The van der Waals surface area contributed by atoms with Gasteiger partial charge in [-0.2, -0.15) is 0 Å². The Hall–Kier alpha value is -2.09. The van der Waals surface area contributed by atoms with Crippen LogP contribution in [0.3, 0.4) is 0 Å². The normalized spacial score (nSPS) is 11.3. The van der Waals surface area contributed by atoms with E-state index in [1.807, 2.05) is 32.0 Å². The standard InChI is InChI=1S/C18H20O2/c1-18(2,13-17(19)20)12-14-8-10-16(11-9-14)15-6-4-3-5-7-15/h3-11H,12-13H2,1-2H3,(H,19,20). The molecule has 2 aromatic carbocycles. The zero-order valence-electron chi connectivity index (χ0n) is 12.0. The first kappa shape index (κ1) is 14.3. The summed E-state index contributed by atoms with van der Waals surface area (Å²) in [5.74, 6) is -0.740. The van der Waals surface area contributed by atoms with Crippen LogP contribution in [0.15, 0.2) is 54.6 Å². The maximum Gasteiger partial charge on any atom is 0.303 e. The Bertz CT molecular complexity index is 568. The van der Waals surface area contributed by atoms with Crippen molar-refractivity contribution in [3.63, 3.8) is 0 Å². The molecule has 2 aromatic rings. The van der Waals surface area contributed by atoms with E-state index in [1.54, 1.807) is 0 Å². The van der Waals surface area contributed by atoms with Crippen LogP contribution in [0.25, 0.3) is 11.1 Å². The van der Waals surface area contributed by atoms with Crippen LogP contribution < -0.4 is 0 Å². The second-order valence-electron chi connectivity index (χ2n) is 5.97. The topological polar surface area (TPSA) is 37.3 Å². The molecule has 0 unspecified atom stereocenters. The van der Waals surface area contributed by atoms with Gasteiger partial charge < -0.3 is 5.11 Å². The van der Waals surface area contributed by atoms with Crippen molar-refractivity contribution in [3.8, 4) is 11.1 Å². The molecule has 0 aliphatic heterocycles. The molecule has 0 saturated carbocycles. The minimum atomic E-state index is -0.740. The van der Waals surface area contributed by atoms with E-state index in [1.165, 1.54) is 16.7 Å². The molecule has 0 heterocycles. The van der Waals surface area contributed by atoms with Crippen molar-refractivity contribution < 1.29 is 9.90 Å². The largest absolute Gasteiger partial charge is 0.481 e. The Balaban J connectivity index is 2.11. The van der Waals surface area contributed by atoms with E-state index in [9.17, 15) is 4.79 Å². The third kappa shape index (κ3) is 3.95. The summed E-state index contributed by atoms with van der Waals surface area (Å²) in [4.78, 5) is 10.8. The van der Waals surface area contributed by atoms with Gasteiger partial charge in [0.25, 0.3) is 0 Å². The highest BCUT2D eigenvalue weighted by Crippen LogP contribution is 2.27. The first-order valence-electron chi connectivity index (χ1n) is 6.82. The van der Waals surface area contributed by atoms with E-state index < -0.39 is 5.97 Å². The number of benzene rings is 2. The maximum atomic E-state index is 10.8. The fourth-order valence-corrected chi connectivity index (χ4v) is 2.47. The van der Waals surface area contributed by atoms with Crippen molar-refractivity contribution in [1.29, 1.82) is 0 Å². The SMILES string of the molecule is CC(C)(CC(=O)O)Cc1ccc(-c2ccccc2)cc1. The van der Waals surface area contributed by atoms with E-state index in [2.05, 4.69) is 36.4 Å². The van der Waals surface area contributed by atoms with Crippen LogP contribution >= 0.6 is 0 Å². The average Bonchev–Trinajstić information content (AvgIpc) is 2.38. The lowest BCUT2D eigenvalue weighted by Gasteiger charge is -2.22. The minimum Gasteiger partial charge on any atom is -0.481 e. The van der Waals surface area contributed by atoms with E-state index in [-0.39, 0.29) is 11.8 Å². The first-order chi connectivity index (χ1) is 9.46. The molecule has 20 heavy (non-hydrogen) atoms. The van der Waals surface area contributed by atoms with Crippen molar-refractivity contribution in [1.82, 2.24) is 0 Å². The van der Waals surface area contributed by atoms with Gasteiger partial charge in [0, 0.05) is 0 Å². The van der Waals surface area contributed by atoms with Gasteiger partial charge in [0.1, 0.15) is 0 Å². The van der Waals surface area contributed by atoms with E-state index in [4.69, 9.17) is 5.11 Å². The molecule has 1 N–H and O–H groups in total. The molecule has 0 aliphatic carbocycles. The Labute approximate surface area is 120 Å². The highest BCUT2D eigenvalue weighted by atomic mass is 16.4. The predicted octanol–water partition coefficient (Wildman–Crippen LogP) is 4.40. The number of hydrogen-bond donors (Lipinski definition) is 1. The first-order valence-corrected chi connectivity index (χ1v) is 6.82. The van der Waals surface area contributed by atoms with Crippen molar-refractivity contribution >= 4 is 5.97 Å². The van der Waals surface area contributed by atoms with Crippen molar-refractivity contribution in [2.75, 3.05) is 0 Å². The third-order valence-electron chi connectivity index (χ3n) is 3.37. The van der Waals surface area contributed by atoms with Crippen LogP contribution in [0.5, 0.6) is 0 Å². The molecule has 0 atom stereocenters. The van der Waals surface area contributed by atoms with Crippen LogP contribution in [0.2, 0.25) is 0 Å². The molecule has 2 rings (SSSR count). The van der Waals surface area contributed by atoms with Gasteiger partial charge in [-0.1, -0.05) is 68.4 Å². The summed E-state index contributed by atoms with van der Waals surface area (Å²) in [5.41, 5.74) is 3.34. The Morgan fingerprint density at radius 3 is 2.05 bits per heavy atom. The second-order valence-corrected chi connectivity index (χ2v) is 5.97. The van der Waals surface area contributed by atoms with Crippen LogP contribution in [0, 0.1) is 5.41 Å². The van der Waals surface area contributed by atoms with Gasteiger partial charge in [-0.15, -0.1) is 0 Å². The lowest BCUT2D eigenvalue weighted by molar-refractivity contribution is -0.139. The van der Waals surface area contributed by atoms with E-state index in [0.717, 1.165) is 6.42 Å². The Morgan fingerprint density at radius 2 is 1.50 bits per heavy atom. The molecule has 0 aliphatic rings. The molecule has 0 bridgehead atoms. The molecule has 0 fully saturated rings. The number of carbonyl (C=O) groups is 1. The highest BCUT2D eigenvalue weighted by Gasteiger charge is 2.22. The van der Waals surface area contributed by atoms with Gasteiger partial charge in [-0.3, -0.25) is 4.79 Å². The Kier molecular flexibility index (Phi) is 4.23. The molecule has 0 radical (unpaired) electrons. The highest BCUT2D eigenvalue weighted by molar-refractivity contribution is 5.67. The summed E-state index contributed by atoms with van der Waals surface area (Å²) in [6.07, 6.45) is 0.960. The van der Waals surface area contributed by atoms with Gasteiger partial charge in [-0.25, -0.2) is 0 Å². The molecule has 0 aromatic heterocycles. The molecule has 0 saturated heterocycles. The lowest BCUT2D eigenvalue weighted by atomic mass is 9.82. The maximum absolute atomic E-state index is 10.8. The molecule has 0 amide bonds. The Morgan fingerprint density at radius 1 is 0.950 bits per heavy atom. The van der Waals surface area contributed by atoms with Crippen LogP contribution in [-0.4, -0.2) is 11.1 Å². The summed E-state index contributed by atoms with van der Waals surface area (Å²) in [5, 5.41) is 8.92. The molecular formula is C18H20O2.